The van der Waals surface area contributed by atoms with E-state index in [9.17, 15) is 4.39 Å². The Hall–Kier alpha value is -1.53. The molecular formula is C12H10FN3S2. The van der Waals surface area contributed by atoms with Crippen LogP contribution in [-0.2, 0) is 5.75 Å². The highest BCUT2D eigenvalue weighted by molar-refractivity contribution is 7.98. The van der Waals surface area contributed by atoms with Crippen LogP contribution in [0.5, 0.6) is 0 Å². The Bertz CT molecular complexity index is 641. The molecule has 0 bridgehead atoms. The molecule has 0 radical (unpaired) electrons. The van der Waals surface area contributed by atoms with Gasteiger partial charge in [0.15, 0.2) is 4.96 Å². The number of fused-ring (bicyclic) bond motifs is 1. The van der Waals surface area contributed by atoms with E-state index < -0.39 is 0 Å². The summed E-state index contributed by atoms with van der Waals surface area (Å²) in [6, 6.07) is 4.57. The summed E-state index contributed by atoms with van der Waals surface area (Å²) in [7, 11) is 0. The number of imidazole rings is 1. The zero-order chi connectivity index (χ0) is 12.5. The number of halogens is 1. The van der Waals surface area contributed by atoms with E-state index in [0.717, 1.165) is 15.6 Å². The fourth-order valence-corrected chi connectivity index (χ4v) is 3.26. The average molecular weight is 279 g/mol. The van der Waals surface area contributed by atoms with E-state index in [1.807, 2.05) is 22.2 Å². The summed E-state index contributed by atoms with van der Waals surface area (Å²) in [5.41, 5.74) is 7.03. The van der Waals surface area contributed by atoms with Crippen LogP contribution in [0.1, 0.15) is 5.69 Å². The Morgan fingerprint density at radius 3 is 3.06 bits per heavy atom. The fraction of sp³-hybridized carbons (Fsp3) is 0.0833. The van der Waals surface area contributed by atoms with Crippen LogP contribution in [-0.4, -0.2) is 9.38 Å². The first-order valence-corrected chi connectivity index (χ1v) is 7.17. The number of nitrogen functional groups attached to an aromatic ring is 1. The molecule has 0 atom stereocenters. The molecule has 0 aliphatic heterocycles. The van der Waals surface area contributed by atoms with Crippen LogP contribution < -0.4 is 5.73 Å². The topological polar surface area (TPSA) is 43.3 Å². The van der Waals surface area contributed by atoms with Crippen molar-refractivity contribution in [2.75, 3.05) is 5.73 Å². The van der Waals surface area contributed by atoms with Gasteiger partial charge in [-0.2, -0.15) is 0 Å². The van der Waals surface area contributed by atoms with Crippen LogP contribution in [0.15, 0.2) is 40.9 Å². The van der Waals surface area contributed by atoms with Gasteiger partial charge in [0.25, 0.3) is 0 Å². The van der Waals surface area contributed by atoms with Crippen LogP contribution in [0.2, 0.25) is 0 Å². The summed E-state index contributed by atoms with van der Waals surface area (Å²) < 4.78 is 15.1. The van der Waals surface area contributed by atoms with Crippen molar-refractivity contribution in [3.8, 4) is 0 Å². The lowest BCUT2D eigenvalue weighted by Crippen LogP contribution is -1.88. The van der Waals surface area contributed by atoms with E-state index >= 15 is 0 Å². The van der Waals surface area contributed by atoms with Gasteiger partial charge in [0, 0.05) is 34.1 Å². The third kappa shape index (κ3) is 2.34. The molecule has 2 N–H and O–H groups in total. The quantitative estimate of drug-likeness (QED) is 0.590. The Balaban J connectivity index is 1.75. The van der Waals surface area contributed by atoms with Gasteiger partial charge in [-0.05, 0) is 18.2 Å². The van der Waals surface area contributed by atoms with Crippen LogP contribution in [0.3, 0.4) is 0 Å². The molecule has 0 fully saturated rings. The van der Waals surface area contributed by atoms with Gasteiger partial charge in [-0.1, -0.05) is 0 Å². The largest absolute Gasteiger partial charge is 0.399 e. The number of thioether (sulfide) groups is 1. The molecule has 0 aliphatic carbocycles. The number of benzene rings is 1. The second-order valence-corrected chi connectivity index (χ2v) is 5.76. The first-order chi connectivity index (χ1) is 8.70. The molecule has 3 rings (SSSR count). The molecule has 2 heterocycles. The first kappa shape index (κ1) is 11.6. The lowest BCUT2D eigenvalue weighted by Gasteiger charge is -2.01. The molecule has 3 aromatic rings. The molecule has 0 spiro atoms. The minimum absolute atomic E-state index is 0.302. The van der Waals surface area contributed by atoms with Crippen molar-refractivity contribution in [1.29, 1.82) is 0 Å². The van der Waals surface area contributed by atoms with Gasteiger partial charge in [-0.3, -0.25) is 4.40 Å². The van der Waals surface area contributed by atoms with Crippen molar-refractivity contribution in [3.63, 3.8) is 0 Å². The van der Waals surface area contributed by atoms with E-state index in [2.05, 4.69) is 4.98 Å². The Morgan fingerprint density at radius 2 is 2.28 bits per heavy atom. The third-order valence-electron chi connectivity index (χ3n) is 2.42. The molecule has 92 valence electrons. The van der Waals surface area contributed by atoms with E-state index in [-0.39, 0.29) is 5.82 Å². The average Bonchev–Trinajstić information content (AvgIpc) is 2.84. The van der Waals surface area contributed by atoms with E-state index in [1.165, 1.54) is 23.9 Å². The second-order valence-electron chi connectivity index (χ2n) is 3.83. The number of hydrogen-bond acceptors (Lipinski definition) is 4. The molecule has 0 saturated carbocycles. The highest BCUT2D eigenvalue weighted by atomic mass is 32.2. The van der Waals surface area contributed by atoms with Crippen LogP contribution in [0.25, 0.3) is 4.96 Å². The Labute approximate surface area is 111 Å². The van der Waals surface area contributed by atoms with Crippen molar-refractivity contribution in [1.82, 2.24) is 9.38 Å². The standard InChI is InChI=1S/C12H10FN3S2/c13-8-3-9(14)5-11(4-8)18-7-10-6-16-1-2-17-12(16)15-10/h1-6H,7,14H2. The summed E-state index contributed by atoms with van der Waals surface area (Å²) in [6.45, 7) is 0. The van der Waals surface area contributed by atoms with Gasteiger partial charge in [0.2, 0.25) is 0 Å². The maximum absolute atomic E-state index is 13.2. The van der Waals surface area contributed by atoms with Crippen molar-refractivity contribution < 1.29 is 4.39 Å². The molecule has 0 saturated heterocycles. The Morgan fingerprint density at radius 1 is 1.39 bits per heavy atom. The van der Waals surface area contributed by atoms with Gasteiger partial charge in [-0.15, -0.1) is 23.1 Å². The molecule has 0 aliphatic rings. The minimum atomic E-state index is -0.302. The highest BCUT2D eigenvalue weighted by Gasteiger charge is 2.04. The molecule has 3 nitrogen and oxygen atoms in total. The van der Waals surface area contributed by atoms with Crippen LogP contribution >= 0.6 is 23.1 Å². The smallest absolute Gasteiger partial charge is 0.193 e. The first-order valence-electron chi connectivity index (χ1n) is 5.31. The normalized spacial score (nSPS) is 11.2. The van der Waals surface area contributed by atoms with Gasteiger partial charge in [-0.25, -0.2) is 9.37 Å². The number of nitrogens with zero attached hydrogens (tertiary/aromatic N) is 2. The molecular weight excluding hydrogens is 269 g/mol. The van der Waals surface area contributed by atoms with Crippen LogP contribution in [0.4, 0.5) is 10.1 Å². The monoisotopic (exact) mass is 279 g/mol. The number of aromatic nitrogens is 2. The van der Waals surface area contributed by atoms with Crippen molar-refractivity contribution >= 4 is 33.7 Å². The summed E-state index contributed by atoms with van der Waals surface area (Å²) in [5.74, 6) is 0.403. The van der Waals surface area contributed by atoms with E-state index in [1.54, 1.807) is 17.4 Å². The highest BCUT2D eigenvalue weighted by Crippen LogP contribution is 2.26. The molecule has 6 heteroatoms. The van der Waals surface area contributed by atoms with Gasteiger partial charge >= 0.3 is 0 Å². The molecule has 1 aromatic carbocycles. The number of nitrogens with two attached hydrogens (primary N) is 1. The predicted octanol–water partition coefficient (Wildman–Crippen LogP) is 3.41. The van der Waals surface area contributed by atoms with E-state index in [4.69, 9.17) is 5.73 Å². The number of thiazole rings is 1. The third-order valence-corrected chi connectivity index (χ3v) is 4.20. The molecule has 0 unspecified atom stereocenters. The van der Waals surface area contributed by atoms with Crippen molar-refractivity contribution in [3.05, 3.63) is 47.5 Å². The second kappa shape index (κ2) is 4.62. The number of anilines is 1. The zero-order valence-corrected chi connectivity index (χ0v) is 11.0. The summed E-state index contributed by atoms with van der Waals surface area (Å²) >= 11 is 3.13. The van der Waals surface area contributed by atoms with Gasteiger partial charge in [0.05, 0.1) is 5.69 Å². The van der Waals surface area contributed by atoms with Crippen molar-refractivity contribution in [2.24, 2.45) is 0 Å². The minimum Gasteiger partial charge on any atom is -0.399 e. The number of rotatable bonds is 3. The molecule has 18 heavy (non-hydrogen) atoms. The van der Waals surface area contributed by atoms with Gasteiger partial charge in [0.1, 0.15) is 5.82 Å². The van der Waals surface area contributed by atoms with Crippen molar-refractivity contribution in [2.45, 2.75) is 10.6 Å². The summed E-state index contributed by atoms with van der Waals surface area (Å²) in [5, 5.41) is 1.99. The molecule has 0 amide bonds. The maximum atomic E-state index is 13.2. The maximum Gasteiger partial charge on any atom is 0.193 e. The predicted molar refractivity (Wildman–Crippen MR) is 73.4 cm³/mol. The van der Waals surface area contributed by atoms with Gasteiger partial charge < -0.3 is 5.73 Å². The summed E-state index contributed by atoms with van der Waals surface area (Å²) in [6.07, 6.45) is 3.96. The lowest BCUT2D eigenvalue weighted by atomic mass is 10.3. The van der Waals surface area contributed by atoms with Crippen LogP contribution in [0, 0.1) is 5.82 Å². The van der Waals surface area contributed by atoms with E-state index in [0.29, 0.717) is 11.4 Å². The molecule has 2 aromatic heterocycles. The lowest BCUT2D eigenvalue weighted by molar-refractivity contribution is 0.625. The zero-order valence-electron chi connectivity index (χ0n) is 9.34. The number of hydrogen-bond donors (Lipinski definition) is 1. The summed E-state index contributed by atoms with van der Waals surface area (Å²) in [4.78, 5) is 6.27. The fourth-order valence-electron chi connectivity index (χ4n) is 1.67. The SMILES string of the molecule is Nc1cc(F)cc(SCc2cn3ccsc3n2)c1. The Kier molecular flexibility index (Phi) is 2.97.